The Morgan fingerprint density at radius 3 is 2.94 bits per heavy atom. The van der Waals surface area contributed by atoms with Crippen molar-refractivity contribution in [1.82, 2.24) is 14.3 Å². The molecule has 9 nitrogen and oxygen atoms in total. The number of fused-ring (bicyclic) bond motifs is 2. The van der Waals surface area contributed by atoms with Crippen LogP contribution < -0.4 is 20.3 Å². The summed E-state index contributed by atoms with van der Waals surface area (Å²) in [6.07, 6.45) is 5.11. The summed E-state index contributed by atoms with van der Waals surface area (Å²) in [5, 5.41) is 3.27. The minimum Gasteiger partial charge on any atom is -0.454 e. The topological polar surface area (TPSA) is 94.4 Å². The Morgan fingerprint density at radius 1 is 1.19 bits per heavy atom. The number of aromatic nitrogens is 2. The first kappa shape index (κ1) is 23.0. The molecule has 6 rings (SSSR count). The number of rotatable bonds is 6. The van der Waals surface area contributed by atoms with E-state index in [0.29, 0.717) is 51.9 Å². The largest absolute Gasteiger partial charge is 0.454 e. The van der Waals surface area contributed by atoms with Gasteiger partial charge in [0.2, 0.25) is 6.79 Å². The third-order valence-corrected chi connectivity index (χ3v) is 7.60. The molecule has 2 saturated heterocycles. The Labute approximate surface area is 216 Å². The number of thioether (sulfide) groups is 1. The van der Waals surface area contributed by atoms with Gasteiger partial charge in [0, 0.05) is 19.3 Å². The summed E-state index contributed by atoms with van der Waals surface area (Å²) in [7, 11) is 0. The number of nitrogens with one attached hydrogen (secondary N) is 1. The molecule has 0 spiro atoms. The van der Waals surface area contributed by atoms with Crippen LogP contribution in [0.15, 0.2) is 52.3 Å². The van der Waals surface area contributed by atoms with Gasteiger partial charge in [-0.2, -0.15) is 0 Å². The molecule has 2 fully saturated rings. The van der Waals surface area contributed by atoms with Gasteiger partial charge in [-0.25, -0.2) is 4.98 Å². The van der Waals surface area contributed by atoms with Crippen LogP contribution in [0, 0.1) is 0 Å². The van der Waals surface area contributed by atoms with Crippen molar-refractivity contribution in [3.63, 3.8) is 0 Å². The number of benzene rings is 1. The number of thiocarbonyl (C=S) groups is 1. The summed E-state index contributed by atoms with van der Waals surface area (Å²) in [6, 6.07) is 11.0. The summed E-state index contributed by atoms with van der Waals surface area (Å²) >= 11 is 6.67. The van der Waals surface area contributed by atoms with Crippen LogP contribution in [-0.2, 0) is 16.1 Å². The van der Waals surface area contributed by atoms with Crippen LogP contribution in [0.1, 0.15) is 24.0 Å². The van der Waals surface area contributed by atoms with Gasteiger partial charge in [-0.15, -0.1) is 0 Å². The summed E-state index contributed by atoms with van der Waals surface area (Å²) in [4.78, 5) is 33.3. The van der Waals surface area contributed by atoms with E-state index in [1.54, 1.807) is 29.3 Å². The van der Waals surface area contributed by atoms with E-state index in [1.807, 2.05) is 24.3 Å². The average Bonchev–Trinajstić information content (AvgIpc) is 3.63. The normalized spacial score (nSPS) is 20.2. The third kappa shape index (κ3) is 4.34. The first-order valence-corrected chi connectivity index (χ1v) is 12.8. The average molecular weight is 523 g/mol. The van der Waals surface area contributed by atoms with E-state index in [-0.39, 0.29) is 29.9 Å². The Bertz CT molecular complexity index is 1460. The van der Waals surface area contributed by atoms with Crippen molar-refractivity contribution in [3.05, 3.63) is 69.0 Å². The summed E-state index contributed by atoms with van der Waals surface area (Å²) in [5.41, 5.74) is 1.44. The zero-order valence-corrected chi connectivity index (χ0v) is 20.8. The minimum absolute atomic E-state index is 0.0151. The number of pyridine rings is 1. The molecule has 3 aromatic rings. The molecular weight excluding hydrogens is 500 g/mol. The smallest absolute Gasteiger partial charge is 0.267 e. The van der Waals surface area contributed by atoms with Crippen LogP contribution in [0.5, 0.6) is 11.5 Å². The zero-order chi connectivity index (χ0) is 24.6. The molecule has 1 amide bonds. The van der Waals surface area contributed by atoms with E-state index in [0.717, 1.165) is 18.4 Å². The van der Waals surface area contributed by atoms with Crippen LogP contribution in [0.2, 0.25) is 0 Å². The van der Waals surface area contributed by atoms with Gasteiger partial charge < -0.3 is 19.5 Å². The highest BCUT2D eigenvalue weighted by atomic mass is 32.2. The fraction of sp³-hybridized carbons (Fsp3) is 0.280. The number of anilines is 1. The minimum atomic E-state index is -0.279. The van der Waals surface area contributed by atoms with Crippen LogP contribution in [0.4, 0.5) is 5.82 Å². The molecule has 0 aliphatic carbocycles. The molecule has 2 aromatic heterocycles. The number of ether oxygens (including phenoxy) is 3. The van der Waals surface area contributed by atoms with Gasteiger partial charge in [-0.1, -0.05) is 36.1 Å². The lowest BCUT2D eigenvalue weighted by Gasteiger charge is -2.18. The fourth-order valence-electron chi connectivity index (χ4n) is 4.38. The van der Waals surface area contributed by atoms with Gasteiger partial charge in [-0.05, 0) is 48.7 Å². The van der Waals surface area contributed by atoms with Crippen molar-refractivity contribution < 1.29 is 19.0 Å². The maximum atomic E-state index is 13.5. The number of carbonyl (C=O) groups is 1. The van der Waals surface area contributed by atoms with E-state index >= 15 is 0 Å². The van der Waals surface area contributed by atoms with E-state index in [4.69, 9.17) is 26.4 Å². The Morgan fingerprint density at radius 2 is 2.08 bits per heavy atom. The Hall–Kier alpha value is -3.41. The predicted octanol–water partition coefficient (Wildman–Crippen LogP) is 3.42. The molecule has 1 N–H and O–H groups in total. The van der Waals surface area contributed by atoms with Crippen LogP contribution in [0.3, 0.4) is 0 Å². The van der Waals surface area contributed by atoms with Gasteiger partial charge >= 0.3 is 0 Å². The van der Waals surface area contributed by atoms with Crippen LogP contribution >= 0.6 is 24.0 Å². The highest BCUT2D eigenvalue weighted by molar-refractivity contribution is 8.26. The first-order chi connectivity index (χ1) is 17.6. The molecule has 0 bridgehead atoms. The molecule has 3 aliphatic heterocycles. The Balaban J connectivity index is 1.33. The van der Waals surface area contributed by atoms with Gasteiger partial charge in [0.25, 0.3) is 11.5 Å². The quantitative estimate of drug-likeness (QED) is 0.386. The van der Waals surface area contributed by atoms with Crippen molar-refractivity contribution in [1.29, 1.82) is 0 Å². The van der Waals surface area contributed by atoms with E-state index < -0.39 is 0 Å². The second-order valence-electron chi connectivity index (χ2n) is 8.58. The van der Waals surface area contributed by atoms with Crippen molar-refractivity contribution >= 4 is 51.7 Å². The maximum absolute atomic E-state index is 13.5. The van der Waals surface area contributed by atoms with E-state index in [9.17, 15) is 9.59 Å². The molecule has 0 saturated carbocycles. The highest BCUT2D eigenvalue weighted by Gasteiger charge is 2.35. The van der Waals surface area contributed by atoms with Gasteiger partial charge in [0.1, 0.15) is 15.8 Å². The number of carbonyl (C=O) groups excluding carboxylic acids is 1. The number of nitrogens with zero attached hydrogens (tertiary/aromatic N) is 3. The number of hydrogen-bond donors (Lipinski definition) is 1. The molecule has 0 radical (unpaired) electrons. The summed E-state index contributed by atoms with van der Waals surface area (Å²) in [6.45, 7) is 1.72. The molecule has 11 heteroatoms. The monoisotopic (exact) mass is 522 g/mol. The SMILES string of the molecule is O=C1/C(=C/c2c(NCc3ccc4c(c3)OCO4)nc3ccccn3c2=O)SC(=S)N1CC1CCCO1. The molecule has 1 unspecified atom stereocenters. The van der Waals surface area contributed by atoms with Gasteiger partial charge in [-0.3, -0.25) is 18.9 Å². The lowest BCUT2D eigenvalue weighted by molar-refractivity contribution is -0.123. The predicted molar refractivity (Wildman–Crippen MR) is 140 cm³/mol. The van der Waals surface area contributed by atoms with Crippen molar-refractivity contribution in [2.75, 3.05) is 25.3 Å². The van der Waals surface area contributed by atoms with Gasteiger partial charge in [0.05, 0.1) is 23.1 Å². The molecule has 36 heavy (non-hydrogen) atoms. The molecule has 5 heterocycles. The van der Waals surface area contributed by atoms with Crippen LogP contribution in [-0.4, -0.2) is 50.6 Å². The van der Waals surface area contributed by atoms with Crippen molar-refractivity contribution in [2.24, 2.45) is 0 Å². The third-order valence-electron chi connectivity index (χ3n) is 6.23. The number of hydrogen-bond acceptors (Lipinski definition) is 9. The number of amides is 1. The molecular formula is C25H22N4O5S2. The second-order valence-corrected chi connectivity index (χ2v) is 10.3. The lowest BCUT2D eigenvalue weighted by Crippen LogP contribution is -2.35. The molecule has 1 atom stereocenters. The van der Waals surface area contributed by atoms with Gasteiger partial charge in [0.15, 0.2) is 11.5 Å². The standard InChI is InChI=1S/C25H22N4O5S2/c30-23-17(11-20-24(31)29(25(35)36-20)13-16-4-3-9-32-16)22(27-21-5-1-2-8-28(21)23)26-12-15-6-7-18-19(10-15)34-14-33-18/h1-2,5-8,10-11,16,26H,3-4,9,12-14H2/b20-11-. The lowest BCUT2D eigenvalue weighted by atomic mass is 10.2. The Kier molecular flexibility index (Phi) is 6.12. The summed E-state index contributed by atoms with van der Waals surface area (Å²) in [5.74, 6) is 1.54. The van der Waals surface area contributed by atoms with E-state index in [1.165, 1.54) is 16.2 Å². The van der Waals surface area contributed by atoms with Crippen molar-refractivity contribution in [3.8, 4) is 11.5 Å². The second kappa shape index (κ2) is 9.57. The first-order valence-electron chi connectivity index (χ1n) is 11.6. The molecule has 3 aliphatic rings. The summed E-state index contributed by atoms with van der Waals surface area (Å²) < 4.78 is 18.5. The fourth-order valence-corrected chi connectivity index (χ4v) is 5.64. The van der Waals surface area contributed by atoms with Crippen molar-refractivity contribution in [2.45, 2.75) is 25.5 Å². The molecule has 1 aromatic carbocycles. The maximum Gasteiger partial charge on any atom is 0.267 e. The molecule has 184 valence electrons. The zero-order valence-electron chi connectivity index (χ0n) is 19.1. The highest BCUT2D eigenvalue weighted by Crippen LogP contribution is 2.35. The van der Waals surface area contributed by atoms with E-state index in [2.05, 4.69) is 10.3 Å². The van der Waals surface area contributed by atoms with Crippen LogP contribution in [0.25, 0.3) is 11.7 Å².